The lowest BCUT2D eigenvalue weighted by Gasteiger charge is -2.08. The number of esters is 1. The number of carbonyl (C=O) groups is 2. The smallest absolute Gasteiger partial charge is 0.337 e. The maximum Gasteiger partial charge on any atom is 0.337 e. The molecule has 0 saturated heterocycles. The highest BCUT2D eigenvalue weighted by molar-refractivity contribution is 6.03. The Morgan fingerprint density at radius 2 is 1.86 bits per heavy atom. The van der Waals surface area contributed by atoms with Gasteiger partial charge >= 0.3 is 5.97 Å². The van der Waals surface area contributed by atoms with Crippen LogP contribution in [0.15, 0.2) is 54.9 Å². The molecule has 1 aliphatic heterocycles. The molecule has 0 aliphatic carbocycles. The number of nitrogens with zero attached hydrogens (tertiary/aromatic N) is 2. The zero-order chi connectivity index (χ0) is 20.2. The van der Waals surface area contributed by atoms with Crippen molar-refractivity contribution in [3.8, 4) is 11.5 Å². The Hall–Kier alpha value is -4.14. The van der Waals surface area contributed by atoms with Gasteiger partial charge in [0.2, 0.25) is 6.79 Å². The van der Waals surface area contributed by atoms with Crippen molar-refractivity contribution >= 4 is 29.1 Å². The number of benzene rings is 2. The van der Waals surface area contributed by atoms with Crippen LogP contribution in [0.4, 0.5) is 17.2 Å². The molecule has 0 spiro atoms. The van der Waals surface area contributed by atoms with Gasteiger partial charge in [-0.15, -0.1) is 0 Å². The SMILES string of the molecule is COC(=O)c1cccc(NC(=O)c2cnc(Nc3ccc4c(c3)OCO4)cn2)c1. The van der Waals surface area contributed by atoms with Crippen LogP contribution in [-0.2, 0) is 4.74 Å². The fourth-order valence-corrected chi connectivity index (χ4v) is 2.67. The zero-order valence-electron chi connectivity index (χ0n) is 15.3. The molecule has 0 radical (unpaired) electrons. The second-order valence-corrected chi connectivity index (χ2v) is 6.01. The van der Waals surface area contributed by atoms with Crippen molar-refractivity contribution in [3.63, 3.8) is 0 Å². The number of rotatable bonds is 5. The summed E-state index contributed by atoms with van der Waals surface area (Å²) in [4.78, 5) is 32.3. The monoisotopic (exact) mass is 392 g/mol. The molecule has 2 N–H and O–H groups in total. The molecule has 1 aliphatic rings. The molecule has 3 aromatic rings. The Morgan fingerprint density at radius 1 is 1.00 bits per heavy atom. The molecule has 2 heterocycles. The molecule has 0 atom stereocenters. The molecule has 1 amide bonds. The maximum absolute atomic E-state index is 12.4. The van der Waals surface area contributed by atoms with Crippen LogP contribution >= 0.6 is 0 Å². The minimum atomic E-state index is -0.486. The van der Waals surface area contributed by atoms with Crippen LogP contribution in [0.1, 0.15) is 20.8 Å². The van der Waals surface area contributed by atoms with Gasteiger partial charge in [0.05, 0.1) is 25.1 Å². The summed E-state index contributed by atoms with van der Waals surface area (Å²) in [5.74, 6) is 0.861. The first-order valence-corrected chi connectivity index (χ1v) is 8.61. The number of carbonyl (C=O) groups excluding carboxylic acids is 2. The summed E-state index contributed by atoms with van der Waals surface area (Å²) in [6.45, 7) is 0.199. The van der Waals surface area contributed by atoms with Crippen LogP contribution in [-0.4, -0.2) is 35.7 Å². The quantitative estimate of drug-likeness (QED) is 0.638. The average Bonchev–Trinajstić information content (AvgIpc) is 3.22. The highest BCUT2D eigenvalue weighted by atomic mass is 16.7. The molecular weight excluding hydrogens is 376 g/mol. The molecule has 146 valence electrons. The normalized spacial score (nSPS) is 11.6. The number of ether oxygens (including phenoxy) is 3. The number of hydrogen-bond acceptors (Lipinski definition) is 8. The van der Waals surface area contributed by atoms with Crippen molar-refractivity contribution in [1.29, 1.82) is 0 Å². The summed E-state index contributed by atoms with van der Waals surface area (Å²) in [6.07, 6.45) is 2.80. The average molecular weight is 392 g/mol. The lowest BCUT2D eigenvalue weighted by atomic mass is 10.2. The first-order chi connectivity index (χ1) is 14.1. The van der Waals surface area contributed by atoms with Gasteiger partial charge in [-0.3, -0.25) is 4.79 Å². The lowest BCUT2D eigenvalue weighted by Crippen LogP contribution is -2.14. The minimum Gasteiger partial charge on any atom is -0.465 e. The van der Waals surface area contributed by atoms with Gasteiger partial charge in [-0.05, 0) is 30.3 Å². The molecule has 4 rings (SSSR count). The summed E-state index contributed by atoms with van der Waals surface area (Å²) in [7, 11) is 1.29. The third-order valence-corrected chi connectivity index (χ3v) is 4.07. The van der Waals surface area contributed by atoms with Crippen molar-refractivity contribution < 1.29 is 23.8 Å². The molecule has 0 bridgehead atoms. The first kappa shape index (κ1) is 18.2. The van der Waals surface area contributed by atoms with Gasteiger partial charge in [-0.2, -0.15) is 0 Å². The van der Waals surface area contributed by atoms with E-state index in [1.807, 2.05) is 6.07 Å². The lowest BCUT2D eigenvalue weighted by molar-refractivity contribution is 0.0600. The number of anilines is 3. The molecule has 0 fully saturated rings. The molecule has 0 unspecified atom stereocenters. The highest BCUT2D eigenvalue weighted by Gasteiger charge is 2.14. The van der Waals surface area contributed by atoms with E-state index in [2.05, 4.69) is 25.3 Å². The van der Waals surface area contributed by atoms with Crippen molar-refractivity contribution in [3.05, 3.63) is 66.1 Å². The third-order valence-electron chi connectivity index (χ3n) is 4.07. The summed E-state index contributed by atoms with van der Waals surface area (Å²) >= 11 is 0. The summed E-state index contributed by atoms with van der Waals surface area (Å²) in [5.41, 5.74) is 1.66. The predicted octanol–water partition coefficient (Wildman–Crippen LogP) is 2.99. The number of methoxy groups -OCH3 is 1. The van der Waals surface area contributed by atoms with Crippen molar-refractivity contribution in [2.75, 3.05) is 24.5 Å². The Kier molecular flexibility index (Phi) is 4.93. The molecule has 29 heavy (non-hydrogen) atoms. The zero-order valence-corrected chi connectivity index (χ0v) is 15.3. The molecule has 9 nitrogen and oxygen atoms in total. The molecule has 1 aromatic heterocycles. The first-order valence-electron chi connectivity index (χ1n) is 8.61. The second-order valence-electron chi connectivity index (χ2n) is 6.01. The van der Waals surface area contributed by atoms with E-state index in [9.17, 15) is 9.59 Å². The summed E-state index contributed by atoms with van der Waals surface area (Å²) < 4.78 is 15.3. The van der Waals surface area contributed by atoms with Gasteiger partial charge < -0.3 is 24.8 Å². The van der Waals surface area contributed by atoms with E-state index in [4.69, 9.17) is 9.47 Å². The van der Waals surface area contributed by atoms with E-state index in [-0.39, 0.29) is 12.5 Å². The predicted molar refractivity (Wildman–Crippen MR) is 104 cm³/mol. The molecule has 9 heteroatoms. The molecule has 2 aromatic carbocycles. The van der Waals surface area contributed by atoms with E-state index >= 15 is 0 Å². The second kappa shape index (κ2) is 7.85. The fourth-order valence-electron chi connectivity index (χ4n) is 2.67. The van der Waals surface area contributed by atoms with Crippen LogP contribution in [0, 0.1) is 0 Å². The van der Waals surface area contributed by atoms with Crippen LogP contribution < -0.4 is 20.1 Å². The van der Waals surface area contributed by atoms with E-state index in [0.717, 1.165) is 5.69 Å². The van der Waals surface area contributed by atoms with E-state index in [0.29, 0.717) is 28.6 Å². The number of fused-ring (bicyclic) bond motifs is 1. The van der Waals surface area contributed by atoms with Gasteiger partial charge in [-0.1, -0.05) is 6.07 Å². The van der Waals surface area contributed by atoms with Crippen molar-refractivity contribution in [2.45, 2.75) is 0 Å². The van der Waals surface area contributed by atoms with Gasteiger partial charge in [-0.25, -0.2) is 14.8 Å². The number of nitrogens with one attached hydrogen (secondary N) is 2. The number of amides is 1. The van der Waals surface area contributed by atoms with Gasteiger partial charge in [0.15, 0.2) is 11.5 Å². The Balaban J connectivity index is 1.42. The van der Waals surface area contributed by atoms with Gasteiger partial charge in [0.25, 0.3) is 5.91 Å². The summed E-state index contributed by atoms with van der Waals surface area (Å²) in [6, 6.07) is 11.8. The van der Waals surface area contributed by atoms with Crippen molar-refractivity contribution in [2.24, 2.45) is 0 Å². The number of hydrogen-bond donors (Lipinski definition) is 2. The Morgan fingerprint density at radius 3 is 2.66 bits per heavy atom. The Labute approximate surface area is 165 Å². The fraction of sp³-hybridized carbons (Fsp3) is 0.100. The maximum atomic E-state index is 12.4. The van der Waals surface area contributed by atoms with Crippen LogP contribution in [0.3, 0.4) is 0 Å². The topological polar surface area (TPSA) is 112 Å². The Bertz CT molecular complexity index is 1070. The van der Waals surface area contributed by atoms with E-state index < -0.39 is 11.9 Å². The van der Waals surface area contributed by atoms with E-state index in [1.165, 1.54) is 25.6 Å². The third kappa shape index (κ3) is 4.08. The molecular formula is C20H16N4O5. The standard InChI is InChI=1S/C20H16N4O5/c1-27-20(26)12-3-2-4-13(7-12)24-19(25)15-9-22-18(10-21-15)23-14-5-6-16-17(8-14)29-11-28-16/h2-10H,11H2,1H3,(H,22,23)(H,24,25). The van der Waals surface area contributed by atoms with Crippen LogP contribution in [0.5, 0.6) is 11.5 Å². The van der Waals surface area contributed by atoms with Crippen molar-refractivity contribution in [1.82, 2.24) is 9.97 Å². The number of aromatic nitrogens is 2. The highest BCUT2D eigenvalue weighted by Crippen LogP contribution is 2.34. The van der Waals surface area contributed by atoms with Crippen LogP contribution in [0.2, 0.25) is 0 Å². The largest absolute Gasteiger partial charge is 0.465 e. The summed E-state index contributed by atoms with van der Waals surface area (Å²) in [5, 5.41) is 5.76. The van der Waals surface area contributed by atoms with E-state index in [1.54, 1.807) is 30.3 Å². The van der Waals surface area contributed by atoms with Gasteiger partial charge in [0.1, 0.15) is 11.5 Å². The van der Waals surface area contributed by atoms with Crippen LogP contribution in [0.25, 0.3) is 0 Å². The molecule has 0 saturated carbocycles. The van der Waals surface area contributed by atoms with Gasteiger partial charge in [0, 0.05) is 17.4 Å². The minimum absolute atomic E-state index is 0.129.